The van der Waals surface area contributed by atoms with Crippen molar-refractivity contribution in [3.05, 3.63) is 40.8 Å². The van der Waals surface area contributed by atoms with Crippen molar-refractivity contribution in [1.29, 1.82) is 0 Å². The number of nitrogens with one attached hydrogen (secondary N) is 1. The summed E-state index contributed by atoms with van der Waals surface area (Å²) >= 11 is 1.76. The van der Waals surface area contributed by atoms with Crippen molar-refractivity contribution in [2.45, 2.75) is 38.1 Å². The minimum atomic E-state index is 0.155. The van der Waals surface area contributed by atoms with Crippen LogP contribution in [-0.2, 0) is 11.2 Å². The molecule has 6 heteroatoms. The molecule has 2 aromatic heterocycles. The number of hydrogen-bond donors (Lipinski definition) is 1. The minimum absolute atomic E-state index is 0.155. The summed E-state index contributed by atoms with van der Waals surface area (Å²) in [6.45, 7) is 1.75. The molecule has 1 fully saturated rings. The van der Waals surface area contributed by atoms with E-state index in [-0.39, 0.29) is 11.9 Å². The molecule has 0 radical (unpaired) electrons. The lowest BCUT2D eigenvalue weighted by atomic mass is 10.1. The zero-order chi connectivity index (χ0) is 15.9. The Kier molecular flexibility index (Phi) is 5.58. The second-order valence-electron chi connectivity index (χ2n) is 5.83. The van der Waals surface area contributed by atoms with Gasteiger partial charge in [0.25, 0.3) is 0 Å². The summed E-state index contributed by atoms with van der Waals surface area (Å²) in [5, 5.41) is 5.25. The van der Waals surface area contributed by atoms with Gasteiger partial charge in [0.1, 0.15) is 0 Å². The largest absolute Gasteiger partial charge is 0.352 e. The van der Waals surface area contributed by atoms with E-state index >= 15 is 0 Å². The Labute approximate surface area is 140 Å². The third kappa shape index (κ3) is 4.76. The molecule has 1 saturated heterocycles. The Hall–Kier alpha value is -1.95. The highest BCUT2D eigenvalue weighted by Crippen LogP contribution is 2.16. The van der Waals surface area contributed by atoms with Gasteiger partial charge < -0.3 is 10.2 Å². The fourth-order valence-electron chi connectivity index (χ4n) is 2.91. The number of aryl methyl sites for hydroxylation is 1. The maximum atomic E-state index is 12.1. The van der Waals surface area contributed by atoms with Gasteiger partial charge in [0.2, 0.25) is 11.9 Å². The van der Waals surface area contributed by atoms with Gasteiger partial charge in [-0.15, -0.1) is 11.3 Å². The molecule has 1 aliphatic rings. The highest BCUT2D eigenvalue weighted by molar-refractivity contribution is 7.09. The summed E-state index contributed by atoms with van der Waals surface area (Å²) in [5.74, 6) is 0.909. The molecular weight excluding hydrogens is 308 g/mol. The van der Waals surface area contributed by atoms with Crippen molar-refractivity contribution in [2.24, 2.45) is 0 Å². The lowest BCUT2D eigenvalue weighted by molar-refractivity contribution is -0.121. The molecule has 5 nitrogen and oxygen atoms in total. The first-order valence-corrected chi connectivity index (χ1v) is 9.03. The van der Waals surface area contributed by atoms with E-state index in [2.05, 4.69) is 37.7 Å². The van der Waals surface area contributed by atoms with Gasteiger partial charge in [0.15, 0.2) is 0 Å². The van der Waals surface area contributed by atoms with Crippen LogP contribution in [0.4, 0.5) is 5.95 Å². The van der Waals surface area contributed by atoms with Gasteiger partial charge in [-0.3, -0.25) is 4.79 Å². The van der Waals surface area contributed by atoms with Gasteiger partial charge in [-0.25, -0.2) is 9.97 Å². The third-order valence-electron chi connectivity index (χ3n) is 4.03. The first-order chi connectivity index (χ1) is 11.3. The Morgan fingerprint density at radius 3 is 3.00 bits per heavy atom. The number of rotatable bonds is 6. The van der Waals surface area contributed by atoms with Gasteiger partial charge in [-0.2, -0.15) is 0 Å². The maximum absolute atomic E-state index is 12.1. The Bertz CT molecular complexity index is 602. The topological polar surface area (TPSA) is 58.1 Å². The van der Waals surface area contributed by atoms with E-state index in [9.17, 15) is 4.79 Å². The molecule has 0 saturated carbocycles. The van der Waals surface area contributed by atoms with Crippen LogP contribution < -0.4 is 10.2 Å². The summed E-state index contributed by atoms with van der Waals surface area (Å²) in [5.41, 5.74) is 0. The second-order valence-corrected chi connectivity index (χ2v) is 6.87. The van der Waals surface area contributed by atoms with Crippen LogP contribution in [0.15, 0.2) is 36.0 Å². The van der Waals surface area contributed by atoms with Crippen molar-refractivity contribution in [2.75, 3.05) is 18.0 Å². The smallest absolute Gasteiger partial charge is 0.225 e. The number of hydrogen-bond acceptors (Lipinski definition) is 5. The van der Waals surface area contributed by atoms with Gasteiger partial charge in [-0.05, 0) is 43.2 Å². The van der Waals surface area contributed by atoms with Crippen molar-refractivity contribution in [3.8, 4) is 0 Å². The van der Waals surface area contributed by atoms with Crippen LogP contribution in [-0.4, -0.2) is 35.0 Å². The first-order valence-electron chi connectivity index (χ1n) is 8.15. The predicted molar refractivity (Wildman–Crippen MR) is 92.7 cm³/mol. The van der Waals surface area contributed by atoms with Crippen molar-refractivity contribution < 1.29 is 4.79 Å². The highest BCUT2D eigenvalue weighted by atomic mass is 32.1. The van der Waals surface area contributed by atoms with Gasteiger partial charge in [0, 0.05) is 42.8 Å². The van der Waals surface area contributed by atoms with E-state index in [1.807, 2.05) is 6.07 Å². The second kappa shape index (κ2) is 8.06. The Balaban J connectivity index is 1.43. The van der Waals surface area contributed by atoms with Crippen LogP contribution in [0.1, 0.15) is 30.6 Å². The van der Waals surface area contributed by atoms with E-state index in [1.54, 1.807) is 23.7 Å². The number of carbonyl (C=O) groups excluding carboxylic acids is 1. The monoisotopic (exact) mass is 330 g/mol. The number of aromatic nitrogens is 2. The SMILES string of the molecule is O=C(CCCc1cccs1)NC1CCCN(c2ncccn2)C1. The number of amides is 1. The summed E-state index contributed by atoms with van der Waals surface area (Å²) < 4.78 is 0. The van der Waals surface area contributed by atoms with Crippen molar-refractivity contribution in [1.82, 2.24) is 15.3 Å². The molecule has 3 heterocycles. The molecule has 2 aromatic rings. The summed E-state index contributed by atoms with van der Waals surface area (Å²) in [7, 11) is 0. The molecule has 122 valence electrons. The van der Waals surface area contributed by atoms with Crippen LogP contribution >= 0.6 is 11.3 Å². The predicted octanol–water partition coefficient (Wildman–Crippen LogP) is 2.65. The zero-order valence-electron chi connectivity index (χ0n) is 13.1. The van der Waals surface area contributed by atoms with Crippen molar-refractivity contribution >= 4 is 23.2 Å². The molecule has 3 rings (SSSR count). The molecule has 1 N–H and O–H groups in total. The lowest BCUT2D eigenvalue weighted by Crippen LogP contribution is -2.48. The van der Waals surface area contributed by atoms with E-state index in [0.717, 1.165) is 44.7 Å². The number of nitrogens with zero attached hydrogens (tertiary/aromatic N) is 3. The van der Waals surface area contributed by atoms with Gasteiger partial charge in [0.05, 0.1) is 0 Å². The summed E-state index contributed by atoms with van der Waals surface area (Å²) in [4.78, 5) is 24.2. The zero-order valence-corrected chi connectivity index (χ0v) is 14.0. The van der Waals surface area contributed by atoms with Crippen LogP contribution in [0.3, 0.4) is 0 Å². The standard InChI is InChI=1S/C17H22N4OS/c22-16(8-1-6-15-7-3-12-23-15)20-14-5-2-11-21(13-14)17-18-9-4-10-19-17/h3-4,7,9-10,12,14H,1-2,5-6,8,11,13H2,(H,20,22). The number of thiophene rings is 1. The molecule has 1 unspecified atom stereocenters. The van der Waals surface area contributed by atoms with Gasteiger partial charge in [-0.1, -0.05) is 6.07 Å². The molecule has 0 aromatic carbocycles. The van der Waals surface area contributed by atoms with Crippen molar-refractivity contribution in [3.63, 3.8) is 0 Å². The summed E-state index contributed by atoms with van der Waals surface area (Å²) in [6, 6.07) is 6.20. The lowest BCUT2D eigenvalue weighted by Gasteiger charge is -2.33. The number of anilines is 1. The van der Waals surface area contributed by atoms with E-state index in [4.69, 9.17) is 0 Å². The Morgan fingerprint density at radius 2 is 2.22 bits per heavy atom. The molecular formula is C17H22N4OS. The molecule has 0 bridgehead atoms. The number of carbonyl (C=O) groups is 1. The molecule has 0 spiro atoms. The van der Waals surface area contributed by atoms with E-state index in [1.165, 1.54) is 4.88 Å². The third-order valence-corrected chi connectivity index (χ3v) is 4.96. The van der Waals surface area contributed by atoms with Crippen LogP contribution in [0.25, 0.3) is 0 Å². The molecule has 1 amide bonds. The van der Waals surface area contributed by atoms with Crippen LogP contribution in [0.5, 0.6) is 0 Å². The first kappa shape index (κ1) is 15.9. The molecule has 0 aliphatic carbocycles. The van der Waals surface area contributed by atoms with Crippen LogP contribution in [0.2, 0.25) is 0 Å². The normalized spacial score (nSPS) is 17.9. The Morgan fingerprint density at radius 1 is 1.35 bits per heavy atom. The van der Waals surface area contributed by atoms with Crippen LogP contribution in [0, 0.1) is 0 Å². The molecule has 23 heavy (non-hydrogen) atoms. The fraction of sp³-hybridized carbons (Fsp3) is 0.471. The fourth-order valence-corrected chi connectivity index (χ4v) is 3.66. The maximum Gasteiger partial charge on any atom is 0.225 e. The van der Waals surface area contributed by atoms with E-state index in [0.29, 0.717) is 6.42 Å². The average Bonchev–Trinajstić information content (AvgIpc) is 3.09. The molecule has 1 atom stereocenters. The number of piperidine rings is 1. The minimum Gasteiger partial charge on any atom is -0.352 e. The highest BCUT2D eigenvalue weighted by Gasteiger charge is 2.22. The van der Waals surface area contributed by atoms with E-state index < -0.39 is 0 Å². The quantitative estimate of drug-likeness (QED) is 0.884. The molecule has 1 aliphatic heterocycles. The average molecular weight is 330 g/mol. The van der Waals surface area contributed by atoms with Gasteiger partial charge >= 0.3 is 0 Å². The summed E-state index contributed by atoms with van der Waals surface area (Å²) in [6.07, 6.45) is 8.09.